The molecule has 0 heterocycles. The van der Waals surface area contributed by atoms with Crippen LogP contribution in [0.2, 0.25) is 0 Å². The quantitative estimate of drug-likeness (QED) is 0.326. The molecule has 0 saturated carbocycles. The van der Waals surface area contributed by atoms with Gasteiger partial charge in [0.15, 0.2) is 0 Å². The molecule has 0 saturated heterocycles. The molecule has 2 heteroatoms. The van der Waals surface area contributed by atoms with Gasteiger partial charge in [0.2, 0.25) is 0 Å². The van der Waals surface area contributed by atoms with Crippen molar-refractivity contribution in [1.29, 1.82) is 0 Å². The number of rotatable bonds is 1. The zero-order chi connectivity index (χ0) is 3.41. The van der Waals surface area contributed by atoms with Crippen molar-refractivity contribution in [2.75, 3.05) is 0 Å². The number of carbonyl (C=O) groups excluding carboxylic acids is 1. The van der Waals surface area contributed by atoms with Crippen LogP contribution in [0.3, 0.4) is 0 Å². The maximum absolute atomic E-state index is 9.17. The zero-order valence-corrected chi connectivity index (χ0v) is 2.69. The fraction of sp³-hybridized carbons (Fsp3) is 0.667. The van der Waals surface area contributed by atoms with E-state index in [0.29, 0.717) is 6.42 Å². The van der Waals surface area contributed by atoms with Crippen LogP contribution >= 0.6 is 0 Å². The molecule has 0 N–H and O–H groups in total. The summed E-state index contributed by atoms with van der Waals surface area (Å²) in [4.78, 5) is 9.17. The molecule has 0 amide bonds. The molecule has 28 valence electrons. The third kappa shape index (κ3) is 11.4. The Hall–Kier alpha value is 0.930. The van der Waals surface area contributed by atoms with E-state index in [1.54, 1.807) is 0 Å². The van der Waals surface area contributed by atoms with Crippen molar-refractivity contribution in [3.05, 3.63) is 0 Å². The first kappa shape index (κ1) is 9.33. The van der Waals surface area contributed by atoms with Crippen LogP contribution in [0.25, 0.3) is 0 Å². The van der Waals surface area contributed by atoms with Gasteiger partial charge in [-0.1, -0.05) is 6.92 Å². The van der Waals surface area contributed by atoms with E-state index in [-0.39, 0.29) is 37.7 Å². The molecule has 0 aliphatic rings. The Morgan fingerprint density at radius 3 is 2.00 bits per heavy atom. The molecule has 0 aliphatic carbocycles. The summed E-state index contributed by atoms with van der Waals surface area (Å²) in [6.07, 6.45) is 1.51. The topological polar surface area (TPSA) is 17.1 Å². The summed E-state index contributed by atoms with van der Waals surface area (Å²) >= 11 is 0. The molecule has 0 aromatic heterocycles. The molecule has 1 nitrogen and oxygen atoms in total. The Labute approximate surface area is 61.7 Å². The van der Waals surface area contributed by atoms with Gasteiger partial charge in [-0.3, -0.25) is 0 Å². The Balaban J connectivity index is 0. The van der Waals surface area contributed by atoms with Crippen LogP contribution in [-0.2, 0) is 4.79 Å². The maximum atomic E-state index is 9.17. The van der Waals surface area contributed by atoms with Crippen LogP contribution in [0.15, 0.2) is 0 Å². The Kier molecular flexibility index (Phi) is 16.6. The average Bonchev–Trinajstić information content (AvgIpc) is 1.37. The van der Waals surface area contributed by atoms with Crippen molar-refractivity contribution < 1.29 is 4.79 Å². The van der Waals surface area contributed by atoms with Crippen molar-refractivity contribution in [1.82, 2.24) is 0 Å². The summed E-state index contributed by atoms with van der Waals surface area (Å²) in [7, 11) is 0. The van der Waals surface area contributed by atoms with Crippen LogP contribution < -0.4 is 0 Å². The Bertz CT molecular complexity index is 20.9. The van der Waals surface area contributed by atoms with Gasteiger partial charge in [-0.15, -0.1) is 0 Å². The molecule has 0 unspecified atom stereocenters. The van der Waals surface area contributed by atoms with E-state index in [1.807, 2.05) is 6.92 Å². The van der Waals surface area contributed by atoms with Gasteiger partial charge in [0.05, 0.1) is 0 Å². The van der Waals surface area contributed by atoms with E-state index in [2.05, 4.69) is 0 Å². The molecular formula is C3H8CaO. The first-order chi connectivity index (χ1) is 1.91. The van der Waals surface area contributed by atoms with Crippen LogP contribution in [0.1, 0.15) is 13.3 Å². The van der Waals surface area contributed by atoms with Crippen LogP contribution in [-0.4, -0.2) is 44.0 Å². The minimum absolute atomic E-state index is 0. The summed E-state index contributed by atoms with van der Waals surface area (Å²) in [6.45, 7) is 1.81. The minimum atomic E-state index is 0. The predicted octanol–water partition coefficient (Wildman–Crippen LogP) is -0.321. The Morgan fingerprint density at radius 1 is 1.80 bits per heavy atom. The molecule has 0 spiro atoms. The van der Waals surface area contributed by atoms with Crippen molar-refractivity contribution in [3.63, 3.8) is 0 Å². The van der Waals surface area contributed by atoms with E-state index >= 15 is 0 Å². The summed E-state index contributed by atoms with van der Waals surface area (Å²) in [5.41, 5.74) is 0. The molecule has 0 bridgehead atoms. The van der Waals surface area contributed by atoms with E-state index in [4.69, 9.17) is 0 Å². The van der Waals surface area contributed by atoms with Gasteiger partial charge in [-0.05, 0) is 0 Å². The molecule has 0 fully saturated rings. The molecular weight excluding hydrogens is 92.1 g/mol. The monoisotopic (exact) mass is 100 g/mol. The van der Waals surface area contributed by atoms with Crippen molar-refractivity contribution in [2.24, 2.45) is 0 Å². The molecule has 0 atom stereocenters. The normalized spacial score (nSPS) is 5.00. The predicted molar refractivity (Wildman–Crippen MR) is 24.9 cm³/mol. The van der Waals surface area contributed by atoms with Crippen LogP contribution in [0.4, 0.5) is 0 Å². The number of carbonyl (C=O) groups is 1. The second-order valence-corrected chi connectivity index (χ2v) is 0.575. The molecule has 0 aliphatic heterocycles. The summed E-state index contributed by atoms with van der Waals surface area (Å²) in [5, 5.41) is 0. The number of aldehydes is 1. The van der Waals surface area contributed by atoms with Gasteiger partial charge in [0.1, 0.15) is 6.29 Å². The van der Waals surface area contributed by atoms with Crippen LogP contribution in [0, 0.1) is 0 Å². The van der Waals surface area contributed by atoms with Crippen molar-refractivity contribution in [2.45, 2.75) is 13.3 Å². The second-order valence-electron chi connectivity index (χ2n) is 0.575. The van der Waals surface area contributed by atoms with Gasteiger partial charge in [0.25, 0.3) is 0 Å². The third-order valence-corrected chi connectivity index (χ3v) is 0.167. The molecule has 0 rings (SSSR count). The molecule has 0 aromatic carbocycles. The average molecular weight is 100 g/mol. The van der Waals surface area contributed by atoms with Crippen molar-refractivity contribution in [3.8, 4) is 0 Å². The second kappa shape index (κ2) is 8.87. The van der Waals surface area contributed by atoms with Gasteiger partial charge in [-0.25, -0.2) is 0 Å². The van der Waals surface area contributed by atoms with E-state index in [1.165, 1.54) is 0 Å². The fourth-order valence-electron chi connectivity index (χ4n) is 0. The molecule has 5 heavy (non-hydrogen) atoms. The van der Waals surface area contributed by atoms with E-state index in [0.717, 1.165) is 6.29 Å². The van der Waals surface area contributed by atoms with Gasteiger partial charge in [-0.2, -0.15) is 0 Å². The summed E-state index contributed by atoms with van der Waals surface area (Å²) in [5.74, 6) is 0. The number of hydrogen-bond donors (Lipinski definition) is 0. The van der Waals surface area contributed by atoms with Gasteiger partial charge in [0, 0.05) is 6.42 Å². The molecule has 0 aromatic rings. The summed E-state index contributed by atoms with van der Waals surface area (Å²) < 4.78 is 0. The zero-order valence-electron chi connectivity index (χ0n) is 2.69. The van der Waals surface area contributed by atoms with E-state index in [9.17, 15) is 4.79 Å². The first-order valence-corrected chi connectivity index (χ1v) is 1.35. The number of hydrogen-bond acceptors (Lipinski definition) is 1. The fourth-order valence-corrected chi connectivity index (χ4v) is 0. The first-order valence-electron chi connectivity index (χ1n) is 1.35. The summed E-state index contributed by atoms with van der Waals surface area (Å²) in [6, 6.07) is 0. The van der Waals surface area contributed by atoms with Gasteiger partial charge >= 0.3 is 37.7 Å². The molecule has 0 radical (unpaired) electrons. The van der Waals surface area contributed by atoms with Crippen LogP contribution in [0.5, 0.6) is 0 Å². The Morgan fingerprint density at radius 2 is 2.00 bits per heavy atom. The van der Waals surface area contributed by atoms with Crippen molar-refractivity contribution >= 4 is 44.0 Å². The standard InChI is InChI=1S/C3H6O.Ca.2H/c1-2-3-4;;;/h3H,2H2,1H3;;;. The van der Waals surface area contributed by atoms with Gasteiger partial charge < -0.3 is 4.79 Å². The SMILES string of the molecule is CCC=O.[CaH2]. The third-order valence-electron chi connectivity index (χ3n) is 0.167. The van der Waals surface area contributed by atoms with E-state index < -0.39 is 0 Å².